The average Bonchev–Trinajstić information content (AvgIpc) is 2.40. The molecule has 0 saturated carbocycles. The van der Waals surface area contributed by atoms with E-state index in [1.165, 1.54) is 13.0 Å². The van der Waals surface area contributed by atoms with Crippen LogP contribution in [0.4, 0.5) is 0 Å². The molecule has 0 radical (unpaired) electrons. The molecule has 2 saturated heterocycles. The van der Waals surface area contributed by atoms with Crippen LogP contribution in [0.3, 0.4) is 0 Å². The summed E-state index contributed by atoms with van der Waals surface area (Å²) in [4.78, 5) is 4.82. The molecule has 2 fully saturated rings. The molecule has 2 rings (SSSR count). The zero-order valence-electron chi connectivity index (χ0n) is 11.6. The number of rotatable bonds is 6. The maximum atomic E-state index is 5.71. The molecule has 0 aromatic rings. The molecule has 0 bridgehead atoms. The van der Waals surface area contributed by atoms with Gasteiger partial charge in [-0.1, -0.05) is 0 Å². The van der Waals surface area contributed by atoms with Crippen molar-refractivity contribution in [3.05, 3.63) is 0 Å². The summed E-state index contributed by atoms with van der Waals surface area (Å²) in [6.45, 7) is 10.2. The second kappa shape index (κ2) is 8.07. The number of hydrogen-bond donors (Lipinski definition) is 1. The van der Waals surface area contributed by atoms with Gasteiger partial charge in [0.2, 0.25) is 0 Å². The smallest absolute Gasteiger partial charge is 0.0826 e. The summed E-state index contributed by atoms with van der Waals surface area (Å²) in [7, 11) is 2.16. The van der Waals surface area contributed by atoms with Gasteiger partial charge in [0, 0.05) is 32.7 Å². The maximum absolute atomic E-state index is 5.71. The van der Waals surface area contributed by atoms with Gasteiger partial charge in [-0.15, -0.1) is 0 Å². The highest BCUT2D eigenvalue weighted by molar-refractivity contribution is 4.71. The molecule has 2 aliphatic heterocycles. The van der Waals surface area contributed by atoms with Gasteiger partial charge in [0.15, 0.2) is 0 Å². The topological polar surface area (TPSA) is 37.0 Å². The molecular formula is C13H27N3O2. The Morgan fingerprint density at radius 2 is 2.00 bits per heavy atom. The summed E-state index contributed by atoms with van der Waals surface area (Å²) < 4.78 is 11.1. The predicted octanol–water partition coefficient (Wildman–Crippen LogP) is -0.371. The predicted molar refractivity (Wildman–Crippen MR) is 72.0 cm³/mol. The monoisotopic (exact) mass is 257 g/mol. The number of hydrogen-bond acceptors (Lipinski definition) is 5. The van der Waals surface area contributed by atoms with Crippen molar-refractivity contribution < 1.29 is 9.47 Å². The largest absolute Gasteiger partial charge is 0.379 e. The Balaban J connectivity index is 1.45. The van der Waals surface area contributed by atoms with E-state index < -0.39 is 0 Å². The van der Waals surface area contributed by atoms with E-state index in [0.29, 0.717) is 6.10 Å². The SMILES string of the molecule is CN1CCOC(CNCCCN2CCOCC2)C1. The highest BCUT2D eigenvalue weighted by atomic mass is 16.5. The van der Waals surface area contributed by atoms with Crippen molar-refractivity contribution in [1.29, 1.82) is 0 Å². The second-order valence-electron chi connectivity index (χ2n) is 5.27. The zero-order chi connectivity index (χ0) is 12.6. The summed E-state index contributed by atoms with van der Waals surface area (Å²) >= 11 is 0. The quantitative estimate of drug-likeness (QED) is 0.657. The summed E-state index contributed by atoms with van der Waals surface area (Å²) in [5.74, 6) is 0. The third-order valence-corrected chi connectivity index (χ3v) is 3.65. The minimum absolute atomic E-state index is 0.368. The number of nitrogens with zero attached hydrogens (tertiary/aromatic N) is 2. The fraction of sp³-hybridized carbons (Fsp3) is 1.00. The van der Waals surface area contributed by atoms with Crippen LogP contribution in [0.2, 0.25) is 0 Å². The minimum Gasteiger partial charge on any atom is -0.379 e. The van der Waals surface area contributed by atoms with E-state index in [0.717, 1.165) is 59.1 Å². The van der Waals surface area contributed by atoms with Crippen molar-refractivity contribution in [3.63, 3.8) is 0 Å². The van der Waals surface area contributed by atoms with Gasteiger partial charge < -0.3 is 19.7 Å². The Kier molecular flexibility index (Phi) is 6.37. The van der Waals surface area contributed by atoms with Crippen LogP contribution in [0.5, 0.6) is 0 Å². The van der Waals surface area contributed by atoms with E-state index in [-0.39, 0.29) is 0 Å². The molecule has 2 heterocycles. The Bertz CT molecular complexity index is 222. The summed E-state index contributed by atoms with van der Waals surface area (Å²) in [6.07, 6.45) is 1.58. The third kappa shape index (κ3) is 5.20. The molecule has 106 valence electrons. The molecule has 1 unspecified atom stereocenters. The molecule has 0 aromatic heterocycles. The molecule has 1 N–H and O–H groups in total. The highest BCUT2D eigenvalue weighted by Crippen LogP contribution is 2.01. The van der Waals surface area contributed by atoms with Crippen LogP contribution in [-0.4, -0.2) is 88.6 Å². The van der Waals surface area contributed by atoms with Crippen LogP contribution >= 0.6 is 0 Å². The first-order valence-electron chi connectivity index (χ1n) is 7.15. The van der Waals surface area contributed by atoms with Crippen molar-refractivity contribution >= 4 is 0 Å². The van der Waals surface area contributed by atoms with Gasteiger partial charge >= 0.3 is 0 Å². The lowest BCUT2D eigenvalue weighted by atomic mass is 10.2. The van der Waals surface area contributed by atoms with E-state index in [4.69, 9.17) is 9.47 Å². The summed E-state index contributed by atoms with van der Waals surface area (Å²) in [5, 5.41) is 3.51. The van der Waals surface area contributed by atoms with Crippen molar-refractivity contribution in [2.24, 2.45) is 0 Å². The minimum atomic E-state index is 0.368. The van der Waals surface area contributed by atoms with Crippen LogP contribution in [0.15, 0.2) is 0 Å². The van der Waals surface area contributed by atoms with Crippen LogP contribution in [-0.2, 0) is 9.47 Å². The summed E-state index contributed by atoms with van der Waals surface area (Å²) in [6, 6.07) is 0. The van der Waals surface area contributed by atoms with Gasteiger partial charge in [0.05, 0.1) is 25.9 Å². The normalized spacial score (nSPS) is 27.5. The summed E-state index contributed by atoms with van der Waals surface area (Å²) in [5.41, 5.74) is 0. The molecule has 0 spiro atoms. The molecule has 0 aromatic carbocycles. The number of morpholine rings is 2. The second-order valence-corrected chi connectivity index (χ2v) is 5.27. The van der Waals surface area contributed by atoms with Crippen LogP contribution in [0.25, 0.3) is 0 Å². The van der Waals surface area contributed by atoms with Crippen molar-refractivity contribution in [2.75, 3.05) is 72.7 Å². The standard InChI is InChI=1S/C13H27N3O2/c1-15-5-10-18-13(12-15)11-14-3-2-4-16-6-8-17-9-7-16/h13-14H,2-12H2,1H3. The maximum Gasteiger partial charge on any atom is 0.0826 e. The third-order valence-electron chi connectivity index (χ3n) is 3.65. The van der Waals surface area contributed by atoms with E-state index >= 15 is 0 Å². The van der Waals surface area contributed by atoms with Crippen molar-refractivity contribution in [3.8, 4) is 0 Å². The zero-order valence-corrected chi connectivity index (χ0v) is 11.6. The lowest BCUT2D eigenvalue weighted by molar-refractivity contribution is -0.0181. The lowest BCUT2D eigenvalue weighted by Crippen LogP contribution is -2.45. The lowest BCUT2D eigenvalue weighted by Gasteiger charge is -2.30. The Hall–Kier alpha value is -0.200. The van der Waals surface area contributed by atoms with Gasteiger partial charge in [0.25, 0.3) is 0 Å². The fourth-order valence-corrected chi connectivity index (χ4v) is 2.51. The van der Waals surface area contributed by atoms with Crippen LogP contribution in [0, 0.1) is 0 Å². The number of likely N-dealkylation sites (N-methyl/N-ethyl adjacent to an activating group) is 1. The number of nitrogens with one attached hydrogen (secondary N) is 1. The fourth-order valence-electron chi connectivity index (χ4n) is 2.51. The van der Waals surface area contributed by atoms with Crippen LogP contribution < -0.4 is 5.32 Å². The first-order valence-corrected chi connectivity index (χ1v) is 7.15. The van der Waals surface area contributed by atoms with Crippen LogP contribution in [0.1, 0.15) is 6.42 Å². The van der Waals surface area contributed by atoms with Gasteiger partial charge in [-0.3, -0.25) is 4.90 Å². The average molecular weight is 257 g/mol. The molecule has 0 aliphatic carbocycles. The molecule has 18 heavy (non-hydrogen) atoms. The molecule has 1 atom stereocenters. The Labute approximate surface area is 110 Å². The van der Waals surface area contributed by atoms with Gasteiger partial charge in [0.1, 0.15) is 0 Å². The first-order chi connectivity index (χ1) is 8.84. The molecular weight excluding hydrogens is 230 g/mol. The van der Waals surface area contributed by atoms with E-state index in [1.807, 2.05) is 0 Å². The Morgan fingerprint density at radius 1 is 1.17 bits per heavy atom. The van der Waals surface area contributed by atoms with E-state index in [9.17, 15) is 0 Å². The van der Waals surface area contributed by atoms with E-state index in [2.05, 4.69) is 22.2 Å². The van der Waals surface area contributed by atoms with Crippen molar-refractivity contribution in [1.82, 2.24) is 15.1 Å². The molecule has 2 aliphatic rings. The van der Waals surface area contributed by atoms with Gasteiger partial charge in [-0.25, -0.2) is 0 Å². The highest BCUT2D eigenvalue weighted by Gasteiger charge is 2.16. The Morgan fingerprint density at radius 3 is 2.78 bits per heavy atom. The molecule has 0 amide bonds. The molecule has 5 heteroatoms. The van der Waals surface area contributed by atoms with E-state index in [1.54, 1.807) is 0 Å². The first kappa shape index (κ1) is 14.2. The number of ether oxygens (including phenoxy) is 2. The van der Waals surface area contributed by atoms with Gasteiger partial charge in [-0.05, 0) is 26.6 Å². The van der Waals surface area contributed by atoms with Crippen molar-refractivity contribution in [2.45, 2.75) is 12.5 Å². The van der Waals surface area contributed by atoms with Gasteiger partial charge in [-0.2, -0.15) is 0 Å². The molecule has 5 nitrogen and oxygen atoms in total.